The minimum Gasteiger partial charge on any atom is -0.312 e. The quantitative estimate of drug-likeness (QED) is 0.851. The van der Waals surface area contributed by atoms with E-state index in [1.165, 1.54) is 23.2 Å². The number of pyridine rings is 1. The van der Waals surface area contributed by atoms with Gasteiger partial charge in [0.1, 0.15) is 0 Å². The van der Waals surface area contributed by atoms with Gasteiger partial charge < -0.3 is 4.57 Å². The van der Waals surface area contributed by atoms with E-state index in [0.29, 0.717) is 11.8 Å². The summed E-state index contributed by atoms with van der Waals surface area (Å²) in [6, 6.07) is 14.4. The first-order valence-corrected chi connectivity index (χ1v) is 8.17. The lowest BCUT2D eigenvalue weighted by molar-refractivity contribution is 0.114. The fourth-order valence-corrected chi connectivity index (χ4v) is 4.15. The van der Waals surface area contributed by atoms with Crippen molar-refractivity contribution in [1.82, 2.24) is 9.47 Å². The minimum atomic E-state index is 0.166. The fraction of sp³-hybridized carbons (Fsp3) is 0.421. The lowest BCUT2D eigenvalue weighted by Gasteiger charge is -2.43. The van der Waals surface area contributed by atoms with Crippen molar-refractivity contribution in [2.75, 3.05) is 13.1 Å². The van der Waals surface area contributed by atoms with Gasteiger partial charge in [0.05, 0.1) is 0 Å². The van der Waals surface area contributed by atoms with Crippen molar-refractivity contribution >= 4 is 0 Å². The van der Waals surface area contributed by atoms with Gasteiger partial charge in [0.15, 0.2) is 0 Å². The molecule has 2 bridgehead atoms. The van der Waals surface area contributed by atoms with E-state index < -0.39 is 0 Å². The summed E-state index contributed by atoms with van der Waals surface area (Å²) < 4.78 is 2.00. The van der Waals surface area contributed by atoms with Crippen LogP contribution in [-0.4, -0.2) is 22.6 Å². The van der Waals surface area contributed by atoms with Crippen LogP contribution in [0.1, 0.15) is 29.2 Å². The molecule has 0 spiro atoms. The molecule has 22 heavy (non-hydrogen) atoms. The second-order valence-corrected chi connectivity index (χ2v) is 6.82. The molecule has 1 fully saturated rings. The van der Waals surface area contributed by atoms with Gasteiger partial charge in [-0.25, -0.2) is 0 Å². The molecule has 1 saturated heterocycles. The molecule has 1 aromatic heterocycles. The number of piperidine rings is 1. The number of hydrogen-bond acceptors (Lipinski definition) is 2. The highest BCUT2D eigenvalue weighted by molar-refractivity contribution is 5.26. The Morgan fingerprint density at radius 2 is 1.91 bits per heavy atom. The van der Waals surface area contributed by atoms with Crippen LogP contribution in [0.2, 0.25) is 0 Å². The summed E-state index contributed by atoms with van der Waals surface area (Å²) in [4.78, 5) is 14.6. The van der Waals surface area contributed by atoms with Crippen LogP contribution in [0, 0.1) is 12.8 Å². The van der Waals surface area contributed by atoms with Crippen LogP contribution in [0.3, 0.4) is 0 Å². The van der Waals surface area contributed by atoms with Crippen molar-refractivity contribution in [1.29, 1.82) is 0 Å². The fourth-order valence-electron chi connectivity index (χ4n) is 4.15. The number of benzene rings is 1. The minimum absolute atomic E-state index is 0.166. The van der Waals surface area contributed by atoms with Crippen molar-refractivity contribution in [3.05, 3.63) is 69.6 Å². The average molecular weight is 294 g/mol. The van der Waals surface area contributed by atoms with Gasteiger partial charge in [0, 0.05) is 43.9 Å². The van der Waals surface area contributed by atoms with Crippen LogP contribution in [0.5, 0.6) is 0 Å². The Morgan fingerprint density at radius 1 is 1.05 bits per heavy atom. The third-order valence-electron chi connectivity index (χ3n) is 5.21. The number of aromatic nitrogens is 1. The molecule has 2 aromatic rings. The molecule has 1 aromatic carbocycles. The zero-order valence-electron chi connectivity index (χ0n) is 13.0. The zero-order chi connectivity index (χ0) is 15.1. The Bertz CT molecular complexity index is 749. The maximum atomic E-state index is 12.1. The maximum Gasteiger partial charge on any atom is 0.250 e. The average Bonchev–Trinajstić information content (AvgIpc) is 2.51. The third-order valence-corrected chi connectivity index (χ3v) is 5.21. The first kappa shape index (κ1) is 13.8. The highest BCUT2D eigenvalue weighted by Crippen LogP contribution is 2.35. The Balaban J connectivity index is 1.59. The smallest absolute Gasteiger partial charge is 0.250 e. The van der Waals surface area contributed by atoms with Gasteiger partial charge in [-0.05, 0) is 36.5 Å². The van der Waals surface area contributed by atoms with Gasteiger partial charge in [-0.3, -0.25) is 9.69 Å². The van der Waals surface area contributed by atoms with Crippen LogP contribution < -0.4 is 5.56 Å². The van der Waals surface area contributed by atoms with Crippen LogP contribution in [0.25, 0.3) is 0 Å². The van der Waals surface area contributed by atoms with E-state index in [1.54, 1.807) is 6.07 Å². The largest absolute Gasteiger partial charge is 0.312 e. The highest BCUT2D eigenvalue weighted by atomic mass is 16.1. The van der Waals surface area contributed by atoms with Crippen LogP contribution in [0.15, 0.2) is 47.3 Å². The summed E-state index contributed by atoms with van der Waals surface area (Å²) in [7, 11) is 0. The molecule has 3 nitrogen and oxygen atoms in total. The van der Waals surface area contributed by atoms with E-state index >= 15 is 0 Å². The third kappa shape index (κ3) is 2.40. The number of fused-ring (bicyclic) bond motifs is 4. The van der Waals surface area contributed by atoms with E-state index in [0.717, 1.165) is 26.2 Å². The van der Waals surface area contributed by atoms with E-state index in [4.69, 9.17) is 0 Å². The first-order valence-electron chi connectivity index (χ1n) is 8.17. The van der Waals surface area contributed by atoms with E-state index in [-0.39, 0.29) is 5.56 Å². The molecule has 0 unspecified atom stereocenters. The highest BCUT2D eigenvalue weighted by Gasteiger charge is 2.34. The summed E-state index contributed by atoms with van der Waals surface area (Å²) in [6.45, 7) is 6.27. The van der Waals surface area contributed by atoms with Gasteiger partial charge in [0.25, 0.3) is 5.56 Å². The lowest BCUT2D eigenvalue weighted by atomic mass is 9.83. The molecule has 0 saturated carbocycles. The number of likely N-dealkylation sites (tertiary alicyclic amines) is 1. The molecule has 0 aliphatic carbocycles. The molecule has 2 aliphatic heterocycles. The Hall–Kier alpha value is -1.87. The number of hydrogen-bond donors (Lipinski definition) is 0. The number of nitrogens with zero attached hydrogens (tertiary/aromatic N) is 2. The molecule has 0 radical (unpaired) electrons. The van der Waals surface area contributed by atoms with Gasteiger partial charge in [-0.1, -0.05) is 30.3 Å². The number of aryl methyl sites for hydroxylation is 1. The van der Waals surface area contributed by atoms with Gasteiger partial charge in [0.2, 0.25) is 0 Å². The Labute approximate surface area is 131 Å². The topological polar surface area (TPSA) is 25.2 Å². The standard InChI is InChI=1S/C19H22N2O/c1-14-5-2-3-6-16(14)12-20-10-15-9-17(13-20)18-7-4-8-19(22)21(18)11-15/h2-8,15,17H,9-13H2,1H3/t15-,17+/m1/s1. The predicted octanol–water partition coefficient (Wildman–Crippen LogP) is 2.78. The molecule has 0 amide bonds. The molecular weight excluding hydrogens is 272 g/mol. The second-order valence-electron chi connectivity index (χ2n) is 6.82. The van der Waals surface area contributed by atoms with Gasteiger partial charge >= 0.3 is 0 Å². The van der Waals surface area contributed by atoms with Crippen molar-refractivity contribution in [2.45, 2.75) is 32.4 Å². The number of rotatable bonds is 2. The molecule has 0 N–H and O–H groups in total. The summed E-state index contributed by atoms with van der Waals surface area (Å²) in [6.07, 6.45) is 1.23. The molecular formula is C19H22N2O. The van der Waals surface area contributed by atoms with Crippen molar-refractivity contribution in [3.63, 3.8) is 0 Å². The lowest BCUT2D eigenvalue weighted by Crippen LogP contribution is -2.46. The van der Waals surface area contributed by atoms with Gasteiger partial charge in [-0.15, -0.1) is 0 Å². The van der Waals surface area contributed by atoms with Crippen molar-refractivity contribution < 1.29 is 0 Å². The van der Waals surface area contributed by atoms with Crippen LogP contribution >= 0.6 is 0 Å². The monoisotopic (exact) mass is 294 g/mol. The summed E-state index contributed by atoms with van der Waals surface area (Å²) >= 11 is 0. The Kier molecular flexibility index (Phi) is 3.38. The van der Waals surface area contributed by atoms with E-state index in [1.807, 2.05) is 10.6 Å². The Morgan fingerprint density at radius 3 is 2.77 bits per heavy atom. The predicted molar refractivity (Wildman–Crippen MR) is 88.0 cm³/mol. The second kappa shape index (κ2) is 5.40. The van der Waals surface area contributed by atoms with Crippen molar-refractivity contribution in [3.8, 4) is 0 Å². The molecule has 4 rings (SSSR count). The molecule has 2 aliphatic rings. The summed E-state index contributed by atoms with van der Waals surface area (Å²) in [5.41, 5.74) is 4.19. The molecule has 3 heterocycles. The van der Waals surface area contributed by atoms with Gasteiger partial charge in [-0.2, -0.15) is 0 Å². The maximum absolute atomic E-state index is 12.1. The van der Waals surface area contributed by atoms with Crippen molar-refractivity contribution in [2.24, 2.45) is 5.92 Å². The van der Waals surface area contributed by atoms with E-state index in [2.05, 4.69) is 42.2 Å². The SMILES string of the molecule is Cc1ccccc1CN1C[C@H]2C[C@@H](C1)c1cccc(=O)n1C2. The zero-order valence-corrected chi connectivity index (χ0v) is 13.0. The molecule has 3 heteroatoms. The molecule has 2 atom stereocenters. The first-order chi connectivity index (χ1) is 10.7. The summed E-state index contributed by atoms with van der Waals surface area (Å²) in [5, 5.41) is 0. The molecule has 114 valence electrons. The summed E-state index contributed by atoms with van der Waals surface area (Å²) in [5.74, 6) is 1.11. The van der Waals surface area contributed by atoms with Crippen LogP contribution in [0.4, 0.5) is 0 Å². The van der Waals surface area contributed by atoms with E-state index in [9.17, 15) is 4.79 Å². The normalized spacial score (nSPS) is 24.0. The van der Waals surface area contributed by atoms with Crippen LogP contribution in [-0.2, 0) is 13.1 Å².